The lowest BCUT2D eigenvalue weighted by Crippen LogP contribution is -2.35. The Kier molecular flexibility index (Phi) is 3.63. The molecule has 18 heavy (non-hydrogen) atoms. The van der Waals surface area contributed by atoms with Gasteiger partial charge in [-0.1, -0.05) is 17.7 Å². The molecule has 1 N–H and O–H groups in total. The van der Waals surface area contributed by atoms with Crippen LogP contribution in [0.15, 0.2) is 38.8 Å². The molecule has 1 aromatic carbocycles. The smallest absolute Gasteiger partial charge is 0.297 e. The highest BCUT2D eigenvalue weighted by Crippen LogP contribution is 2.17. The van der Waals surface area contributed by atoms with Crippen molar-refractivity contribution in [1.29, 1.82) is 0 Å². The van der Waals surface area contributed by atoms with Crippen LogP contribution in [0.4, 0.5) is 0 Å². The fourth-order valence-corrected chi connectivity index (χ4v) is 2.20. The van der Waals surface area contributed by atoms with Gasteiger partial charge in [0.25, 0.3) is 5.56 Å². The molecule has 0 atom stereocenters. The molecule has 0 fully saturated rings. The van der Waals surface area contributed by atoms with E-state index in [0.717, 1.165) is 9.46 Å². The Labute approximate surface area is 113 Å². The molecule has 0 unspecified atom stereocenters. The Bertz CT molecular complexity index is 706. The summed E-state index contributed by atoms with van der Waals surface area (Å²) in [7, 11) is 0. The number of nitrogens with zero attached hydrogens (tertiary/aromatic N) is 1. The summed E-state index contributed by atoms with van der Waals surface area (Å²) in [5.41, 5.74) is -0.0745. The summed E-state index contributed by atoms with van der Waals surface area (Å²) in [5, 5.41) is 0.0854. The molecule has 0 bridgehead atoms. The van der Waals surface area contributed by atoms with Crippen LogP contribution in [0.25, 0.3) is 5.69 Å². The number of aromatic nitrogens is 2. The monoisotopic (exact) mass is 282 g/mol. The summed E-state index contributed by atoms with van der Waals surface area (Å²) in [6, 6.07) is 7.21. The average Bonchev–Trinajstić information content (AvgIpc) is 2.36. The van der Waals surface area contributed by atoms with Crippen molar-refractivity contribution >= 4 is 23.4 Å². The third kappa shape index (κ3) is 2.23. The SMILES string of the molecule is CSc1cccc(-n2c(=O)[nH]c(Cl)c(C)c2=O)c1. The minimum atomic E-state index is -0.533. The summed E-state index contributed by atoms with van der Waals surface area (Å²) >= 11 is 7.31. The van der Waals surface area contributed by atoms with E-state index in [9.17, 15) is 9.59 Å². The van der Waals surface area contributed by atoms with Crippen molar-refractivity contribution in [2.24, 2.45) is 0 Å². The molecule has 6 heteroatoms. The minimum absolute atomic E-state index is 0.0854. The number of hydrogen-bond acceptors (Lipinski definition) is 3. The van der Waals surface area contributed by atoms with Gasteiger partial charge in [0.2, 0.25) is 0 Å². The normalized spacial score (nSPS) is 10.6. The number of benzene rings is 1. The van der Waals surface area contributed by atoms with Crippen molar-refractivity contribution in [2.45, 2.75) is 11.8 Å². The van der Waals surface area contributed by atoms with E-state index < -0.39 is 11.2 Å². The Balaban J connectivity index is 2.75. The van der Waals surface area contributed by atoms with Crippen LogP contribution in [0.2, 0.25) is 5.15 Å². The molecule has 0 radical (unpaired) electrons. The van der Waals surface area contributed by atoms with Crippen molar-refractivity contribution in [2.75, 3.05) is 6.26 Å². The molecule has 0 aliphatic carbocycles. The van der Waals surface area contributed by atoms with Crippen molar-refractivity contribution < 1.29 is 0 Å². The van der Waals surface area contributed by atoms with Gasteiger partial charge in [0.05, 0.1) is 11.3 Å². The van der Waals surface area contributed by atoms with E-state index in [4.69, 9.17) is 11.6 Å². The molecule has 1 aromatic heterocycles. The van der Waals surface area contributed by atoms with E-state index >= 15 is 0 Å². The second-order valence-corrected chi connectivity index (χ2v) is 4.97. The Hall–Kier alpha value is -1.46. The van der Waals surface area contributed by atoms with Crippen LogP contribution in [0.5, 0.6) is 0 Å². The third-order valence-corrected chi connectivity index (χ3v) is 3.69. The second-order valence-electron chi connectivity index (χ2n) is 3.71. The zero-order valence-corrected chi connectivity index (χ0v) is 11.4. The van der Waals surface area contributed by atoms with E-state index in [0.29, 0.717) is 11.3 Å². The van der Waals surface area contributed by atoms with E-state index in [2.05, 4.69) is 4.98 Å². The predicted molar refractivity (Wildman–Crippen MR) is 74.2 cm³/mol. The van der Waals surface area contributed by atoms with Gasteiger partial charge in [0, 0.05) is 4.90 Å². The first-order valence-corrected chi connectivity index (χ1v) is 6.80. The number of thioether (sulfide) groups is 1. The number of hydrogen-bond donors (Lipinski definition) is 1. The van der Waals surface area contributed by atoms with Gasteiger partial charge < -0.3 is 0 Å². The van der Waals surface area contributed by atoms with Crippen LogP contribution in [0.1, 0.15) is 5.56 Å². The second kappa shape index (κ2) is 5.04. The van der Waals surface area contributed by atoms with E-state index in [-0.39, 0.29) is 5.15 Å². The standard InChI is InChI=1S/C12H11ClN2O2S/c1-7-10(13)14-12(17)15(11(7)16)8-4-3-5-9(6-8)18-2/h3-6H,1-2H3,(H,14,17). The fourth-order valence-electron chi connectivity index (χ4n) is 1.58. The van der Waals surface area contributed by atoms with Gasteiger partial charge in [-0.05, 0) is 31.4 Å². The molecule has 0 amide bonds. The third-order valence-electron chi connectivity index (χ3n) is 2.58. The fraction of sp³-hybridized carbons (Fsp3) is 0.167. The lowest BCUT2D eigenvalue weighted by Gasteiger charge is -2.07. The summed E-state index contributed by atoms with van der Waals surface area (Å²) in [5.74, 6) is 0. The first kappa shape index (κ1) is 13.0. The molecule has 2 rings (SSSR count). The van der Waals surface area contributed by atoms with E-state index in [1.807, 2.05) is 12.3 Å². The molecule has 1 heterocycles. The number of rotatable bonds is 2. The van der Waals surface area contributed by atoms with Crippen molar-refractivity contribution in [3.05, 3.63) is 55.8 Å². The first-order valence-electron chi connectivity index (χ1n) is 5.20. The van der Waals surface area contributed by atoms with E-state index in [1.54, 1.807) is 36.9 Å². The molecule has 0 saturated heterocycles. The van der Waals surface area contributed by atoms with Crippen molar-refractivity contribution in [3.8, 4) is 5.69 Å². The molecule has 0 saturated carbocycles. The lowest BCUT2D eigenvalue weighted by molar-refractivity contribution is 0.857. The number of halogens is 1. The largest absolute Gasteiger partial charge is 0.334 e. The van der Waals surface area contributed by atoms with Crippen LogP contribution < -0.4 is 11.2 Å². The Morgan fingerprint density at radius 3 is 2.72 bits per heavy atom. The van der Waals surface area contributed by atoms with Gasteiger partial charge >= 0.3 is 5.69 Å². The van der Waals surface area contributed by atoms with Gasteiger partial charge in [-0.15, -0.1) is 11.8 Å². The molecule has 94 valence electrons. The van der Waals surface area contributed by atoms with Gasteiger partial charge in [-0.2, -0.15) is 0 Å². The van der Waals surface area contributed by atoms with Gasteiger partial charge in [-0.3, -0.25) is 9.78 Å². The molecular weight excluding hydrogens is 272 g/mol. The maximum atomic E-state index is 12.1. The molecule has 0 spiro atoms. The Morgan fingerprint density at radius 1 is 1.33 bits per heavy atom. The molecule has 0 aliphatic heterocycles. The maximum Gasteiger partial charge on any atom is 0.334 e. The van der Waals surface area contributed by atoms with Crippen LogP contribution in [-0.2, 0) is 0 Å². The summed E-state index contributed by atoms with van der Waals surface area (Å²) in [6.07, 6.45) is 1.93. The number of aromatic amines is 1. The Morgan fingerprint density at radius 2 is 2.06 bits per heavy atom. The molecule has 0 aliphatic rings. The highest BCUT2D eigenvalue weighted by Gasteiger charge is 2.10. The number of H-pyrrole nitrogens is 1. The van der Waals surface area contributed by atoms with Crippen molar-refractivity contribution in [1.82, 2.24) is 9.55 Å². The summed E-state index contributed by atoms with van der Waals surface area (Å²) in [6.45, 7) is 1.58. The van der Waals surface area contributed by atoms with Crippen LogP contribution in [-0.4, -0.2) is 15.8 Å². The zero-order chi connectivity index (χ0) is 13.3. The maximum absolute atomic E-state index is 12.1. The van der Waals surface area contributed by atoms with Crippen molar-refractivity contribution in [3.63, 3.8) is 0 Å². The van der Waals surface area contributed by atoms with Gasteiger partial charge in [0.15, 0.2) is 0 Å². The highest BCUT2D eigenvalue weighted by atomic mass is 35.5. The first-order chi connectivity index (χ1) is 8.54. The number of nitrogens with one attached hydrogen (secondary N) is 1. The molecule has 2 aromatic rings. The lowest BCUT2D eigenvalue weighted by atomic mass is 10.3. The summed E-state index contributed by atoms with van der Waals surface area (Å²) in [4.78, 5) is 27.3. The predicted octanol–water partition coefficient (Wildman–Crippen LogP) is 2.21. The molecular formula is C12H11ClN2O2S. The summed E-state index contributed by atoms with van der Waals surface area (Å²) < 4.78 is 1.08. The van der Waals surface area contributed by atoms with E-state index in [1.165, 1.54) is 0 Å². The topological polar surface area (TPSA) is 54.9 Å². The van der Waals surface area contributed by atoms with Gasteiger partial charge in [-0.25, -0.2) is 9.36 Å². The average molecular weight is 283 g/mol. The highest BCUT2D eigenvalue weighted by molar-refractivity contribution is 7.98. The van der Waals surface area contributed by atoms with Gasteiger partial charge in [0.1, 0.15) is 5.15 Å². The zero-order valence-electron chi connectivity index (χ0n) is 9.86. The molecule has 4 nitrogen and oxygen atoms in total. The van der Waals surface area contributed by atoms with Crippen LogP contribution in [0.3, 0.4) is 0 Å². The quantitative estimate of drug-likeness (QED) is 0.679. The van der Waals surface area contributed by atoms with Crippen LogP contribution >= 0.6 is 23.4 Å². The van der Waals surface area contributed by atoms with Crippen LogP contribution in [0, 0.1) is 6.92 Å². The minimum Gasteiger partial charge on any atom is -0.297 e.